The molecule has 4 unspecified atom stereocenters. The van der Waals surface area contributed by atoms with Crippen molar-refractivity contribution < 1.29 is 49.0 Å². The first kappa shape index (κ1) is 27.3. The van der Waals surface area contributed by atoms with Crippen molar-refractivity contribution in [2.45, 2.75) is 76.7 Å². The maximum atomic E-state index is 13.8. The van der Waals surface area contributed by atoms with Crippen molar-refractivity contribution >= 4 is 17.3 Å². The van der Waals surface area contributed by atoms with Crippen LogP contribution in [0.1, 0.15) is 83.5 Å². The van der Waals surface area contributed by atoms with Crippen molar-refractivity contribution in [3.8, 4) is 17.2 Å². The number of ether oxygens (including phenoxy) is 3. The molecule has 0 amide bonds. The zero-order valence-electron chi connectivity index (χ0n) is 22.4. The number of benzene rings is 2. The summed E-state index contributed by atoms with van der Waals surface area (Å²) in [6.45, 7) is 6.25. The molecule has 0 saturated carbocycles. The minimum atomic E-state index is -2.01. The van der Waals surface area contributed by atoms with E-state index in [1.54, 1.807) is 6.92 Å². The summed E-state index contributed by atoms with van der Waals surface area (Å²) in [6, 6.07) is 4.47. The molecule has 4 N–H and O–H groups in total. The van der Waals surface area contributed by atoms with Crippen LogP contribution in [-0.4, -0.2) is 69.0 Å². The monoisotopic (exact) mass is 540 g/mol. The lowest BCUT2D eigenvalue weighted by molar-refractivity contribution is -0.280. The molecule has 6 atom stereocenters. The van der Waals surface area contributed by atoms with Gasteiger partial charge in [0.05, 0.1) is 36.0 Å². The maximum absolute atomic E-state index is 13.8. The SMILES string of the molecule is COc1cccc2c1C(=O)c1c(O)c3c(c(O)c1C2=O)C[C@@](O)(C(C)=O)C[C@@]3(C)OC1CC(C)C(O)C(C)O1. The van der Waals surface area contributed by atoms with E-state index in [4.69, 9.17) is 14.2 Å². The Morgan fingerprint density at radius 3 is 2.36 bits per heavy atom. The molecular formula is C29H32O10. The summed E-state index contributed by atoms with van der Waals surface area (Å²) in [5, 5.41) is 44.8. The summed E-state index contributed by atoms with van der Waals surface area (Å²) in [7, 11) is 1.35. The van der Waals surface area contributed by atoms with E-state index in [1.807, 2.05) is 6.92 Å². The van der Waals surface area contributed by atoms with Gasteiger partial charge in [0.25, 0.3) is 0 Å². The zero-order chi connectivity index (χ0) is 28.6. The number of Topliss-reactive ketones (excluding diaryl/α,β-unsaturated/α-hetero) is 1. The second-order valence-electron chi connectivity index (χ2n) is 11.1. The number of rotatable bonds is 4. The maximum Gasteiger partial charge on any atom is 0.202 e. The fraction of sp³-hybridized carbons (Fsp3) is 0.483. The average molecular weight is 541 g/mol. The van der Waals surface area contributed by atoms with Gasteiger partial charge in [0, 0.05) is 36.0 Å². The first-order valence-electron chi connectivity index (χ1n) is 12.9. The molecule has 1 aliphatic heterocycles. The van der Waals surface area contributed by atoms with Gasteiger partial charge in [-0.2, -0.15) is 0 Å². The second kappa shape index (κ2) is 9.12. The van der Waals surface area contributed by atoms with Gasteiger partial charge in [-0.25, -0.2) is 0 Å². The van der Waals surface area contributed by atoms with E-state index in [0.29, 0.717) is 0 Å². The van der Waals surface area contributed by atoms with Crippen molar-refractivity contribution in [2.24, 2.45) is 5.92 Å². The number of ketones is 3. The fourth-order valence-corrected chi connectivity index (χ4v) is 6.34. The van der Waals surface area contributed by atoms with Gasteiger partial charge in [-0.15, -0.1) is 0 Å². The lowest BCUT2D eigenvalue weighted by atomic mass is 9.67. The molecule has 1 saturated heterocycles. The summed E-state index contributed by atoms with van der Waals surface area (Å²) in [5.41, 5.74) is -4.59. The molecule has 208 valence electrons. The Morgan fingerprint density at radius 1 is 1.08 bits per heavy atom. The minimum Gasteiger partial charge on any atom is -0.507 e. The lowest BCUT2D eigenvalue weighted by Crippen LogP contribution is -2.53. The van der Waals surface area contributed by atoms with Crippen LogP contribution in [-0.2, 0) is 26.3 Å². The van der Waals surface area contributed by atoms with Gasteiger partial charge in [0.15, 0.2) is 17.9 Å². The van der Waals surface area contributed by atoms with Crippen LogP contribution in [0.3, 0.4) is 0 Å². The van der Waals surface area contributed by atoms with Crippen molar-refractivity contribution in [2.75, 3.05) is 7.11 Å². The number of phenols is 2. The predicted molar refractivity (Wildman–Crippen MR) is 136 cm³/mol. The van der Waals surface area contributed by atoms with Crippen molar-refractivity contribution in [3.63, 3.8) is 0 Å². The van der Waals surface area contributed by atoms with E-state index in [0.717, 1.165) is 0 Å². The van der Waals surface area contributed by atoms with Gasteiger partial charge in [-0.3, -0.25) is 14.4 Å². The number of hydrogen-bond donors (Lipinski definition) is 4. The number of fused-ring (bicyclic) bond motifs is 3. The number of aliphatic hydroxyl groups is 2. The molecule has 3 aliphatic rings. The van der Waals surface area contributed by atoms with Crippen LogP contribution < -0.4 is 4.74 Å². The first-order valence-corrected chi connectivity index (χ1v) is 12.9. The normalized spacial score (nSPS) is 31.8. The highest BCUT2D eigenvalue weighted by Crippen LogP contribution is 2.55. The Morgan fingerprint density at radius 2 is 1.74 bits per heavy atom. The third kappa shape index (κ3) is 3.97. The highest BCUT2D eigenvalue weighted by molar-refractivity contribution is 6.31. The van der Waals surface area contributed by atoms with Crippen LogP contribution in [0.5, 0.6) is 17.2 Å². The first-order chi connectivity index (χ1) is 18.2. The molecule has 1 fully saturated rings. The number of aliphatic hydroxyl groups excluding tert-OH is 1. The zero-order valence-corrected chi connectivity index (χ0v) is 22.4. The van der Waals surface area contributed by atoms with E-state index in [9.17, 15) is 34.8 Å². The molecule has 2 aromatic rings. The average Bonchev–Trinajstić information content (AvgIpc) is 2.86. The van der Waals surface area contributed by atoms with Crippen LogP contribution in [0.2, 0.25) is 0 Å². The number of methoxy groups -OCH3 is 1. The molecule has 0 spiro atoms. The van der Waals surface area contributed by atoms with Gasteiger partial charge in [0.1, 0.15) is 28.5 Å². The summed E-state index contributed by atoms with van der Waals surface area (Å²) < 4.78 is 17.5. The third-order valence-corrected chi connectivity index (χ3v) is 8.39. The van der Waals surface area contributed by atoms with Crippen LogP contribution >= 0.6 is 0 Å². The van der Waals surface area contributed by atoms with E-state index in [1.165, 1.54) is 39.2 Å². The topological polar surface area (TPSA) is 160 Å². The van der Waals surface area contributed by atoms with Gasteiger partial charge >= 0.3 is 0 Å². The molecular weight excluding hydrogens is 508 g/mol. The number of hydrogen-bond acceptors (Lipinski definition) is 10. The summed E-state index contributed by atoms with van der Waals surface area (Å²) in [6.07, 6.45) is -2.66. The van der Waals surface area contributed by atoms with Crippen LogP contribution in [0.15, 0.2) is 18.2 Å². The Kier molecular flexibility index (Phi) is 6.38. The standard InChI is InChI=1S/C29H32O10/c1-12-9-18(38-13(2)23(12)31)39-28(4)11-29(36,14(3)30)10-16-22(28)27(35)21-20(25(16)33)24(32)15-7-6-8-17(37-5)19(15)26(21)34/h6-8,12-13,18,23,31,33,35-36H,9-11H2,1-5H3/t12?,13?,18?,23?,28-,29+/m1/s1. The smallest absolute Gasteiger partial charge is 0.202 e. The molecule has 2 aromatic carbocycles. The van der Waals surface area contributed by atoms with Crippen LogP contribution in [0, 0.1) is 5.92 Å². The number of aromatic hydroxyl groups is 2. The van der Waals surface area contributed by atoms with E-state index in [-0.39, 0.29) is 46.8 Å². The summed E-state index contributed by atoms with van der Waals surface area (Å²) in [5.74, 6) is -3.29. The summed E-state index contributed by atoms with van der Waals surface area (Å²) >= 11 is 0. The van der Waals surface area contributed by atoms with E-state index >= 15 is 0 Å². The van der Waals surface area contributed by atoms with Gasteiger partial charge in [-0.05, 0) is 32.8 Å². The summed E-state index contributed by atoms with van der Waals surface area (Å²) in [4.78, 5) is 40.0. The third-order valence-electron chi connectivity index (χ3n) is 8.39. The highest BCUT2D eigenvalue weighted by Gasteiger charge is 2.54. The Labute approximate surface area is 225 Å². The molecule has 1 heterocycles. The van der Waals surface area contributed by atoms with Crippen molar-refractivity contribution in [1.29, 1.82) is 0 Å². The van der Waals surface area contributed by atoms with Gasteiger partial charge < -0.3 is 34.6 Å². The number of carbonyl (C=O) groups excluding carboxylic acids is 3. The number of phenolic OH excluding ortho intramolecular Hbond substituents is 2. The predicted octanol–water partition coefficient (Wildman–Crippen LogP) is 2.51. The molecule has 0 aromatic heterocycles. The lowest BCUT2D eigenvalue weighted by Gasteiger charge is -2.47. The molecule has 0 radical (unpaired) electrons. The van der Waals surface area contributed by atoms with Crippen molar-refractivity contribution in [3.05, 3.63) is 51.6 Å². The van der Waals surface area contributed by atoms with E-state index < -0.39 is 76.1 Å². The number of carbonyl (C=O) groups is 3. The largest absolute Gasteiger partial charge is 0.507 e. The van der Waals surface area contributed by atoms with Gasteiger partial charge in [-0.1, -0.05) is 19.1 Å². The quantitative estimate of drug-likeness (QED) is 0.362. The molecule has 5 rings (SSSR count). The second-order valence-corrected chi connectivity index (χ2v) is 11.1. The molecule has 2 aliphatic carbocycles. The van der Waals surface area contributed by atoms with Gasteiger partial charge in [0.2, 0.25) is 5.78 Å². The Balaban J connectivity index is 1.73. The van der Waals surface area contributed by atoms with Crippen LogP contribution in [0.4, 0.5) is 0 Å². The van der Waals surface area contributed by atoms with Crippen molar-refractivity contribution in [1.82, 2.24) is 0 Å². The fourth-order valence-electron chi connectivity index (χ4n) is 6.34. The van der Waals surface area contributed by atoms with Crippen LogP contribution in [0.25, 0.3) is 0 Å². The molecule has 39 heavy (non-hydrogen) atoms. The molecule has 0 bridgehead atoms. The Bertz CT molecular complexity index is 1400. The Hall–Kier alpha value is -3.31. The molecule has 10 heteroatoms. The minimum absolute atomic E-state index is 0.00436. The highest BCUT2D eigenvalue weighted by atomic mass is 16.7. The van der Waals surface area contributed by atoms with E-state index in [2.05, 4.69) is 0 Å². The molecule has 10 nitrogen and oxygen atoms in total.